The van der Waals surface area contributed by atoms with E-state index in [-0.39, 0.29) is 0 Å². The number of nitrogens with zero attached hydrogens (tertiary/aromatic N) is 1. The van der Waals surface area contributed by atoms with Gasteiger partial charge in [0.25, 0.3) is 0 Å². The molecule has 0 saturated heterocycles. The van der Waals surface area contributed by atoms with Gasteiger partial charge in [0.1, 0.15) is 0 Å². The Kier molecular flexibility index (Phi) is 2.77. The standard InChI is InChI=1S/C6H9BrN2/c7-3-1-2-6-4-8-9-5-6/h4-5H,1-3H2,(H,8,9). The molecule has 0 atom stereocenters. The lowest BCUT2D eigenvalue weighted by molar-refractivity contribution is 0.941. The monoisotopic (exact) mass is 188 g/mol. The summed E-state index contributed by atoms with van der Waals surface area (Å²) in [4.78, 5) is 0. The Morgan fingerprint density at radius 1 is 1.67 bits per heavy atom. The van der Waals surface area contributed by atoms with Crippen molar-refractivity contribution < 1.29 is 0 Å². The van der Waals surface area contributed by atoms with Crippen molar-refractivity contribution in [2.45, 2.75) is 12.8 Å². The van der Waals surface area contributed by atoms with Crippen molar-refractivity contribution in [1.82, 2.24) is 10.2 Å². The number of aromatic nitrogens is 2. The second-order valence-electron chi connectivity index (χ2n) is 1.90. The smallest absolute Gasteiger partial charge is 0.0519 e. The van der Waals surface area contributed by atoms with E-state index in [9.17, 15) is 0 Å². The molecule has 0 amide bonds. The summed E-state index contributed by atoms with van der Waals surface area (Å²) in [6, 6.07) is 0. The number of hydrogen-bond donors (Lipinski definition) is 1. The number of alkyl halides is 1. The van der Waals surface area contributed by atoms with Gasteiger partial charge >= 0.3 is 0 Å². The predicted molar refractivity (Wildman–Crippen MR) is 40.7 cm³/mol. The molecule has 50 valence electrons. The van der Waals surface area contributed by atoms with Crippen LogP contribution in [-0.4, -0.2) is 15.5 Å². The third kappa shape index (κ3) is 2.18. The van der Waals surface area contributed by atoms with Crippen molar-refractivity contribution >= 4 is 15.9 Å². The fraction of sp³-hybridized carbons (Fsp3) is 0.500. The average Bonchev–Trinajstić information content (AvgIpc) is 2.34. The van der Waals surface area contributed by atoms with E-state index in [4.69, 9.17) is 0 Å². The first-order chi connectivity index (χ1) is 4.43. The molecule has 3 heteroatoms. The number of nitrogens with one attached hydrogen (secondary N) is 1. The van der Waals surface area contributed by atoms with Gasteiger partial charge in [0, 0.05) is 11.5 Å². The summed E-state index contributed by atoms with van der Waals surface area (Å²) < 4.78 is 0. The zero-order chi connectivity index (χ0) is 6.53. The van der Waals surface area contributed by atoms with Gasteiger partial charge in [0.2, 0.25) is 0 Å². The van der Waals surface area contributed by atoms with Gasteiger partial charge in [-0.1, -0.05) is 15.9 Å². The summed E-state index contributed by atoms with van der Waals surface area (Å²) in [5.74, 6) is 0. The lowest BCUT2D eigenvalue weighted by atomic mass is 10.2. The van der Waals surface area contributed by atoms with Crippen molar-refractivity contribution in [3.8, 4) is 0 Å². The van der Waals surface area contributed by atoms with Crippen LogP contribution in [0.4, 0.5) is 0 Å². The Morgan fingerprint density at radius 2 is 2.56 bits per heavy atom. The number of aryl methyl sites for hydroxylation is 1. The van der Waals surface area contributed by atoms with Gasteiger partial charge in [-0.05, 0) is 18.4 Å². The van der Waals surface area contributed by atoms with Crippen molar-refractivity contribution in [1.29, 1.82) is 0 Å². The second kappa shape index (κ2) is 3.67. The molecular weight excluding hydrogens is 180 g/mol. The summed E-state index contributed by atoms with van der Waals surface area (Å²) in [5, 5.41) is 7.68. The quantitative estimate of drug-likeness (QED) is 0.720. The Balaban J connectivity index is 2.30. The van der Waals surface area contributed by atoms with Gasteiger partial charge in [-0.2, -0.15) is 5.10 Å². The highest BCUT2D eigenvalue weighted by Gasteiger charge is 1.90. The van der Waals surface area contributed by atoms with E-state index >= 15 is 0 Å². The van der Waals surface area contributed by atoms with Crippen LogP contribution in [0.3, 0.4) is 0 Å². The zero-order valence-corrected chi connectivity index (χ0v) is 6.69. The Labute approximate surface area is 62.8 Å². The van der Waals surface area contributed by atoms with Crippen LogP contribution in [0.1, 0.15) is 12.0 Å². The normalized spacial score (nSPS) is 9.89. The zero-order valence-electron chi connectivity index (χ0n) is 5.10. The molecule has 0 bridgehead atoms. The van der Waals surface area contributed by atoms with Crippen molar-refractivity contribution in [2.75, 3.05) is 5.33 Å². The lowest BCUT2D eigenvalue weighted by Gasteiger charge is -1.88. The molecule has 1 rings (SSSR count). The predicted octanol–water partition coefficient (Wildman–Crippen LogP) is 1.74. The molecule has 9 heavy (non-hydrogen) atoms. The molecule has 0 aliphatic rings. The molecule has 0 radical (unpaired) electrons. The minimum atomic E-state index is 1.07. The molecule has 0 aromatic carbocycles. The second-order valence-corrected chi connectivity index (χ2v) is 2.69. The van der Waals surface area contributed by atoms with Crippen LogP contribution in [0.25, 0.3) is 0 Å². The average molecular weight is 189 g/mol. The molecular formula is C6H9BrN2. The van der Waals surface area contributed by atoms with E-state index in [1.165, 1.54) is 12.0 Å². The van der Waals surface area contributed by atoms with E-state index < -0.39 is 0 Å². The first-order valence-electron chi connectivity index (χ1n) is 2.97. The molecule has 1 heterocycles. The van der Waals surface area contributed by atoms with Crippen LogP contribution in [0, 0.1) is 0 Å². The van der Waals surface area contributed by atoms with E-state index in [0.717, 1.165) is 11.8 Å². The Morgan fingerprint density at radius 3 is 3.11 bits per heavy atom. The summed E-state index contributed by atoms with van der Waals surface area (Å²) in [6.07, 6.45) is 6.09. The Bertz CT molecular complexity index is 148. The molecule has 0 saturated carbocycles. The molecule has 0 unspecified atom stereocenters. The van der Waals surface area contributed by atoms with Gasteiger partial charge in [0.05, 0.1) is 6.20 Å². The summed E-state index contributed by atoms with van der Waals surface area (Å²) in [7, 11) is 0. The van der Waals surface area contributed by atoms with Crippen LogP contribution in [0.5, 0.6) is 0 Å². The highest BCUT2D eigenvalue weighted by molar-refractivity contribution is 9.09. The highest BCUT2D eigenvalue weighted by atomic mass is 79.9. The number of rotatable bonds is 3. The highest BCUT2D eigenvalue weighted by Crippen LogP contribution is 1.99. The van der Waals surface area contributed by atoms with Gasteiger partial charge < -0.3 is 0 Å². The third-order valence-electron chi connectivity index (χ3n) is 1.15. The molecule has 0 spiro atoms. The molecule has 0 fully saturated rings. The van der Waals surface area contributed by atoms with Crippen LogP contribution in [0.2, 0.25) is 0 Å². The summed E-state index contributed by atoms with van der Waals surface area (Å²) in [6.45, 7) is 0. The van der Waals surface area contributed by atoms with Gasteiger partial charge in [-0.25, -0.2) is 0 Å². The minimum absolute atomic E-state index is 1.07. The molecule has 1 N–H and O–H groups in total. The van der Waals surface area contributed by atoms with E-state index in [2.05, 4.69) is 26.1 Å². The summed E-state index contributed by atoms with van der Waals surface area (Å²) in [5.41, 5.74) is 1.29. The number of aromatic amines is 1. The fourth-order valence-electron chi connectivity index (χ4n) is 0.685. The molecule has 1 aromatic rings. The minimum Gasteiger partial charge on any atom is -0.285 e. The first-order valence-corrected chi connectivity index (χ1v) is 4.09. The molecule has 1 aromatic heterocycles. The molecule has 0 aliphatic heterocycles. The van der Waals surface area contributed by atoms with E-state index in [1.54, 1.807) is 0 Å². The van der Waals surface area contributed by atoms with Crippen LogP contribution in [0.15, 0.2) is 12.4 Å². The topological polar surface area (TPSA) is 28.7 Å². The Hall–Kier alpha value is -0.310. The number of H-pyrrole nitrogens is 1. The van der Waals surface area contributed by atoms with Crippen molar-refractivity contribution in [3.05, 3.63) is 18.0 Å². The third-order valence-corrected chi connectivity index (χ3v) is 1.71. The van der Waals surface area contributed by atoms with E-state index in [1.807, 2.05) is 12.4 Å². The van der Waals surface area contributed by atoms with Crippen LogP contribution < -0.4 is 0 Å². The maximum Gasteiger partial charge on any atom is 0.0519 e. The summed E-state index contributed by atoms with van der Waals surface area (Å²) >= 11 is 3.36. The maximum absolute atomic E-state index is 3.83. The lowest BCUT2D eigenvalue weighted by Crippen LogP contribution is -1.81. The number of hydrogen-bond acceptors (Lipinski definition) is 1. The van der Waals surface area contributed by atoms with Gasteiger partial charge in [-0.3, -0.25) is 5.10 Å². The van der Waals surface area contributed by atoms with Gasteiger partial charge in [-0.15, -0.1) is 0 Å². The SMILES string of the molecule is BrCCCc1cn[nH]c1. The number of halogens is 1. The molecule has 2 nitrogen and oxygen atoms in total. The van der Waals surface area contributed by atoms with Crippen molar-refractivity contribution in [2.24, 2.45) is 0 Å². The van der Waals surface area contributed by atoms with Crippen LogP contribution >= 0.6 is 15.9 Å². The first kappa shape index (κ1) is 6.81. The van der Waals surface area contributed by atoms with Crippen molar-refractivity contribution in [3.63, 3.8) is 0 Å². The van der Waals surface area contributed by atoms with Gasteiger partial charge in [0.15, 0.2) is 0 Å². The molecule has 0 aliphatic carbocycles. The van der Waals surface area contributed by atoms with E-state index in [0.29, 0.717) is 0 Å². The maximum atomic E-state index is 3.83. The van der Waals surface area contributed by atoms with Crippen LogP contribution in [-0.2, 0) is 6.42 Å². The largest absolute Gasteiger partial charge is 0.285 e. The fourth-order valence-corrected chi connectivity index (χ4v) is 0.966.